The van der Waals surface area contributed by atoms with E-state index in [9.17, 15) is 4.79 Å². The molecule has 0 N–H and O–H groups in total. The molecule has 0 unspecified atom stereocenters. The van der Waals surface area contributed by atoms with Gasteiger partial charge in [-0.1, -0.05) is 114 Å². The molecule has 0 spiro atoms. The molecule has 0 saturated heterocycles. The van der Waals surface area contributed by atoms with Crippen molar-refractivity contribution in [2.45, 2.75) is 116 Å². The Hall–Kier alpha value is -2.92. The lowest BCUT2D eigenvalue weighted by Crippen LogP contribution is -2.18. The van der Waals surface area contributed by atoms with Crippen molar-refractivity contribution in [3.63, 3.8) is 0 Å². The monoisotopic (exact) mass is 618 g/mol. The summed E-state index contributed by atoms with van der Waals surface area (Å²) in [5, 5.41) is 0. The number of esters is 1. The highest BCUT2D eigenvalue weighted by Gasteiger charge is 2.15. The van der Waals surface area contributed by atoms with Crippen LogP contribution in [-0.4, -0.2) is 24.4 Å². The predicted octanol–water partition coefficient (Wildman–Crippen LogP) is 11.3. The van der Waals surface area contributed by atoms with Gasteiger partial charge in [-0.3, -0.25) is 0 Å². The number of rotatable bonds is 23. The zero-order valence-corrected chi connectivity index (χ0v) is 28.0. The Morgan fingerprint density at radius 2 is 1.11 bits per heavy atom. The van der Waals surface area contributed by atoms with Gasteiger partial charge in [0.2, 0.25) is 0 Å². The number of hydrogen-bond acceptors (Lipinski definition) is 5. The van der Waals surface area contributed by atoms with Crippen molar-refractivity contribution in [1.82, 2.24) is 0 Å². The van der Waals surface area contributed by atoms with E-state index in [2.05, 4.69) is 62.9 Å². The van der Waals surface area contributed by atoms with Gasteiger partial charge in [0, 0.05) is 0 Å². The molecule has 4 nitrogen and oxygen atoms in total. The summed E-state index contributed by atoms with van der Waals surface area (Å²) in [5.41, 5.74) is 3.89. The quantitative estimate of drug-likeness (QED) is 0.0652. The molecular weight excluding hydrogens is 564 g/mol. The van der Waals surface area contributed by atoms with Crippen LogP contribution >= 0.6 is 12.6 Å². The van der Waals surface area contributed by atoms with E-state index in [-0.39, 0.29) is 12.1 Å². The largest absolute Gasteiger partial charge is 0.494 e. The van der Waals surface area contributed by atoms with E-state index in [0.29, 0.717) is 12.2 Å². The van der Waals surface area contributed by atoms with E-state index >= 15 is 0 Å². The second kappa shape index (κ2) is 21.7. The summed E-state index contributed by atoms with van der Waals surface area (Å²) >= 11 is 4.27. The van der Waals surface area contributed by atoms with E-state index in [4.69, 9.17) is 14.2 Å². The summed E-state index contributed by atoms with van der Waals surface area (Å²) in [4.78, 5) is 12.7. The summed E-state index contributed by atoms with van der Waals surface area (Å²) in [7, 11) is 0. The van der Waals surface area contributed by atoms with E-state index in [0.717, 1.165) is 85.5 Å². The minimum Gasteiger partial charge on any atom is -0.494 e. The lowest BCUT2D eigenvalue weighted by atomic mass is 10.1. The Labute approximate surface area is 272 Å². The number of hydrogen-bond donors (Lipinski definition) is 1. The van der Waals surface area contributed by atoms with Crippen LogP contribution in [-0.2, 0) is 11.3 Å². The third-order valence-corrected chi connectivity index (χ3v) is 8.31. The normalized spacial score (nSPS) is 11.1. The van der Waals surface area contributed by atoms with Gasteiger partial charge >= 0.3 is 5.97 Å². The third-order valence-electron chi connectivity index (χ3n) is 7.99. The van der Waals surface area contributed by atoms with E-state index < -0.39 is 0 Å². The van der Waals surface area contributed by atoms with E-state index in [1.807, 2.05) is 36.4 Å². The van der Waals surface area contributed by atoms with E-state index in [1.54, 1.807) is 0 Å². The lowest BCUT2D eigenvalue weighted by molar-refractivity contribution is 0.0251. The SMILES string of the molecule is CCCCC(CCCC)OC(=O)c1ccc(COc2ccc(-c3ccc(OCCCCCCCCCCS)cc3)cc2)cc1. The molecule has 0 aliphatic heterocycles. The summed E-state index contributed by atoms with van der Waals surface area (Å²) < 4.78 is 17.8. The standard InChI is InChI=1S/C39H54O4S/c1-3-5-15-38(16-6-4-2)43-39(40)35-19-17-32(18-20-35)31-42-37-27-23-34(24-28-37)33-21-25-36(26-22-33)41-29-13-11-9-7-8-10-12-14-30-44/h17-28,38,44H,3-16,29-31H2,1-2H3. The van der Waals surface area contributed by atoms with Crippen molar-refractivity contribution in [2.75, 3.05) is 12.4 Å². The maximum Gasteiger partial charge on any atom is 0.338 e. The van der Waals surface area contributed by atoms with Crippen LogP contribution in [0.3, 0.4) is 0 Å². The molecular formula is C39H54O4S. The minimum atomic E-state index is -0.234. The molecule has 0 heterocycles. The Balaban J connectivity index is 1.37. The molecule has 0 radical (unpaired) electrons. The summed E-state index contributed by atoms with van der Waals surface area (Å²) in [6, 6.07) is 24.0. The zero-order valence-electron chi connectivity index (χ0n) is 27.1. The minimum absolute atomic E-state index is 0.00690. The van der Waals surface area contributed by atoms with Crippen LogP contribution in [0.4, 0.5) is 0 Å². The second-order valence-electron chi connectivity index (χ2n) is 11.7. The first-order valence-corrected chi connectivity index (χ1v) is 17.6. The number of carbonyl (C=O) groups is 1. The average molecular weight is 619 g/mol. The maximum absolute atomic E-state index is 12.7. The first-order valence-electron chi connectivity index (χ1n) is 17.0. The molecule has 240 valence electrons. The number of thiol groups is 1. The zero-order chi connectivity index (χ0) is 31.2. The van der Waals surface area contributed by atoms with Crippen molar-refractivity contribution in [1.29, 1.82) is 0 Å². The summed E-state index contributed by atoms with van der Waals surface area (Å²) in [6.07, 6.45) is 16.5. The van der Waals surface area contributed by atoms with Crippen LogP contribution in [0.1, 0.15) is 120 Å². The summed E-state index contributed by atoms with van der Waals surface area (Å²) in [6.45, 7) is 5.55. The van der Waals surface area contributed by atoms with Gasteiger partial charge in [0.15, 0.2) is 0 Å². The van der Waals surface area contributed by atoms with Crippen molar-refractivity contribution < 1.29 is 19.0 Å². The molecule has 0 fully saturated rings. The van der Waals surface area contributed by atoms with Crippen LogP contribution < -0.4 is 9.47 Å². The number of carbonyl (C=O) groups excluding carboxylic acids is 1. The average Bonchev–Trinajstić information content (AvgIpc) is 3.06. The first-order chi connectivity index (χ1) is 21.6. The van der Waals surface area contributed by atoms with Gasteiger partial charge in [-0.2, -0.15) is 12.6 Å². The molecule has 0 atom stereocenters. The fourth-order valence-corrected chi connectivity index (χ4v) is 5.42. The van der Waals surface area contributed by atoms with Gasteiger partial charge in [-0.25, -0.2) is 4.79 Å². The van der Waals surface area contributed by atoms with Crippen molar-refractivity contribution in [3.8, 4) is 22.6 Å². The molecule has 3 rings (SSSR count). The smallest absolute Gasteiger partial charge is 0.338 e. The van der Waals surface area contributed by atoms with Gasteiger partial charge < -0.3 is 14.2 Å². The van der Waals surface area contributed by atoms with E-state index in [1.165, 1.54) is 44.9 Å². The number of benzene rings is 3. The van der Waals surface area contributed by atoms with Crippen LogP contribution in [0.5, 0.6) is 11.5 Å². The molecule has 3 aromatic carbocycles. The predicted molar refractivity (Wildman–Crippen MR) is 187 cm³/mol. The Kier molecular flexibility index (Phi) is 17.6. The van der Waals surface area contributed by atoms with Gasteiger partial charge in [-0.05, 0) is 84.5 Å². The van der Waals surface area contributed by atoms with Gasteiger partial charge in [0.05, 0.1) is 12.2 Å². The molecule has 0 aliphatic carbocycles. The van der Waals surface area contributed by atoms with Gasteiger partial charge in [0.1, 0.15) is 24.2 Å². The van der Waals surface area contributed by atoms with Gasteiger partial charge in [-0.15, -0.1) is 0 Å². The second-order valence-corrected chi connectivity index (χ2v) is 12.2. The van der Waals surface area contributed by atoms with Crippen LogP contribution in [0, 0.1) is 0 Å². The number of unbranched alkanes of at least 4 members (excludes halogenated alkanes) is 9. The van der Waals surface area contributed by atoms with Crippen LogP contribution in [0.25, 0.3) is 11.1 Å². The molecule has 0 aromatic heterocycles. The molecule has 0 bridgehead atoms. The molecule has 0 aliphatic rings. The highest BCUT2D eigenvalue weighted by Crippen LogP contribution is 2.25. The highest BCUT2D eigenvalue weighted by atomic mass is 32.1. The maximum atomic E-state index is 12.7. The first kappa shape index (κ1) is 35.6. The molecule has 44 heavy (non-hydrogen) atoms. The molecule has 0 saturated carbocycles. The fourth-order valence-electron chi connectivity index (χ4n) is 5.20. The van der Waals surface area contributed by atoms with Crippen molar-refractivity contribution >= 4 is 18.6 Å². The van der Waals surface area contributed by atoms with Gasteiger partial charge in [0.25, 0.3) is 0 Å². The Morgan fingerprint density at radius 3 is 1.64 bits per heavy atom. The van der Waals surface area contributed by atoms with Crippen LogP contribution in [0.15, 0.2) is 72.8 Å². The topological polar surface area (TPSA) is 44.8 Å². The number of ether oxygens (including phenoxy) is 3. The lowest BCUT2D eigenvalue weighted by Gasteiger charge is -2.17. The van der Waals surface area contributed by atoms with Crippen molar-refractivity contribution in [3.05, 3.63) is 83.9 Å². The summed E-state index contributed by atoms with van der Waals surface area (Å²) in [5.74, 6) is 2.51. The Morgan fingerprint density at radius 1 is 0.614 bits per heavy atom. The molecule has 5 heteroatoms. The molecule has 3 aromatic rings. The third kappa shape index (κ3) is 13.8. The fraction of sp³-hybridized carbons (Fsp3) is 0.513. The van der Waals surface area contributed by atoms with Crippen molar-refractivity contribution in [2.24, 2.45) is 0 Å². The highest BCUT2D eigenvalue weighted by molar-refractivity contribution is 7.80. The van der Waals surface area contributed by atoms with Crippen LogP contribution in [0.2, 0.25) is 0 Å². The Bertz CT molecular complexity index is 1150. The molecule has 0 amide bonds.